The predicted molar refractivity (Wildman–Crippen MR) is 53.0 cm³/mol. The van der Waals surface area contributed by atoms with Crippen molar-refractivity contribution >= 4 is 27.5 Å². The maximum atomic E-state index is 10.9. The molecule has 15 heavy (non-hydrogen) atoms. The van der Waals surface area contributed by atoms with Crippen LogP contribution >= 0.6 is 11.3 Å². The van der Waals surface area contributed by atoms with Gasteiger partial charge in [-0.3, -0.25) is 10.1 Å². The number of thiophene rings is 1. The van der Waals surface area contributed by atoms with Gasteiger partial charge in [-0.05, 0) is 18.3 Å². The van der Waals surface area contributed by atoms with Crippen LogP contribution in [0.2, 0.25) is 0 Å². The second-order valence-electron chi connectivity index (χ2n) is 2.36. The maximum Gasteiger partial charge on any atom is 0.513 e. The van der Waals surface area contributed by atoms with Crippen LogP contribution in [-0.2, 0) is 4.74 Å². The Hall–Kier alpha value is -1.83. The van der Waals surface area contributed by atoms with Gasteiger partial charge in [0.15, 0.2) is 5.75 Å². The molecule has 0 aliphatic heterocycles. The van der Waals surface area contributed by atoms with Gasteiger partial charge in [0.05, 0.1) is 17.6 Å². The summed E-state index contributed by atoms with van der Waals surface area (Å²) in [5.41, 5.74) is 5.40. The van der Waals surface area contributed by atoms with E-state index in [1.807, 2.05) is 0 Å². The molecule has 82 valence electrons. The highest BCUT2D eigenvalue weighted by molar-refractivity contribution is 7.19. The van der Waals surface area contributed by atoms with Gasteiger partial charge in [0, 0.05) is 0 Å². The van der Waals surface area contributed by atoms with Crippen molar-refractivity contribution in [2.45, 2.75) is 6.92 Å². The molecule has 0 aliphatic rings. The van der Waals surface area contributed by atoms with E-state index in [0.717, 1.165) is 17.4 Å². The lowest BCUT2D eigenvalue weighted by Crippen LogP contribution is -2.10. The van der Waals surface area contributed by atoms with E-state index >= 15 is 0 Å². The number of hydrogen-bond acceptors (Lipinski definition) is 7. The van der Waals surface area contributed by atoms with E-state index in [1.54, 1.807) is 6.92 Å². The zero-order chi connectivity index (χ0) is 11.4. The van der Waals surface area contributed by atoms with Crippen molar-refractivity contribution in [3.05, 3.63) is 16.2 Å². The van der Waals surface area contributed by atoms with Crippen LogP contribution in [0.5, 0.6) is 5.75 Å². The first kappa shape index (κ1) is 11.2. The van der Waals surface area contributed by atoms with E-state index in [9.17, 15) is 14.9 Å². The molecule has 0 fully saturated rings. The van der Waals surface area contributed by atoms with Crippen molar-refractivity contribution in [2.75, 3.05) is 12.3 Å². The molecule has 7 nitrogen and oxygen atoms in total. The molecule has 0 radical (unpaired) electrons. The van der Waals surface area contributed by atoms with Crippen molar-refractivity contribution in [3.63, 3.8) is 0 Å². The van der Waals surface area contributed by atoms with Crippen LogP contribution in [0.4, 0.5) is 14.8 Å². The molecule has 0 spiro atoms. The smallest absolute Gasteiger partial charge is 0.434 e. The molecular weight excluding hydrogens is 224 g/mol. The van der Waals surface area contributed by atoms with Crippen LogP contribution in [0.25, 0.3) is 0 Å². The number of hydrogen-bond donors (Lipinski definition) is 1. The zero-order valence-electron chi connectivity index (χ0n) is 7.76. The largest absolute Gasteiger partial charge is 0.513 e. The Kier molecular flexibility index (Phi) is 3.45. The minimum Gasteiger partial charge on any atom is -0.434 e. The Balaban J connectivity index is 2.77. The van der Waals surface area contributed by atoms with E-state index in [1.165, 1.54) is 0 Å². The zero-order valence-corrected chi connectivity index (χ0v) is 8.58. The van der Waals surface area contributed by atoms with Crippen molar-refractivity contribution in [1.82, 2.24) is 0 Å². The molecule has 0 aliphatic carbocycles. The maximum absolute atomic E-state index is 10.9. The van der Waals surface area contributed by atoms with Gasteiger partial charge in [0.1, 0.15) is 5.00 Å². The lowest BCUT2D eigenvalue weighted by molar-refractivity contribution is -0.380. The fourth-order valence-corrected chi connectivity index (χ4v) is 1.45. The van der Waals surface area contributed by atoms with Crippen LogP contribution in [0, 0.1) is 10.1 Å². The number of nitrogen functional groups attached to an aromatic ring is 1. The Morgan fingerprint density at radius 1 is 1.73 bits per heavy atom. The highest BCUT2D eigenvalue weighted by Crippen LogP contribution is 2.37. The Labute approximate surface area is 88.5 Å². The molecule has 0 atom stereocenters. The number of nitro groups is 1. The van der Waals surface area contributed by atoms with Gasteiger partial charge < -0.3 is 15.2 Å². The number of anilines is 1. The molecule has 0 unspecified atom stereocenters. The highest BCUT2D eigenvalue weighted by Gasteiger charge is 2.18. The van der Waals surface area contributed by atoms with Crippen LogP contribution in [0.1, 0.15) is 6.92 Å². The van der Waals surface area contributed by atoms with Crippen molar-refractivity contribution in [3.8, 4) is 5.75 Å². The molecule has 0 aromatic carbocycles. The molecule has 8 heteroatoms. The van der Waals surface area contributed by atoms with Crippen molar-refractivity contribution in [1.29, 1.82) is 0 Å². The molecule has 1 heterocycles. The molecule has 0 saturated heterocycles. The molecule has 2 N–H and O–H groups in total. The summed E-state index contributed by atoms with van der Waals surface area (Å²) in [7, 11) is 0. The lowest BCUT2D eigenvalue weighted by Gasteiger charge is -2.01. The molecule has 1 rings (SSSR count). The molecule has 1 aromatic heterocycles. The first-order valence-corrected chi connectivity index (χ1v) is 4.74. The van der Waals surface area contributed by atoms with Crippen LogP contribution in [0.3, 0.4) is 0 Å². The minimum atomic E-state index is -0.933. The standard InChI is InChI=1S/C7H8N2O5S/c1-2-13-7(10)14-4-3-5(9(11)12)15-6(4)8/h3H,2,8H2,1H3. The van der Waals surface area contributed by atoms with Gasteiger partial charge in [-0.25, -0.2) is 4.79 Å². The molecule has 1 aromatic rings. The number of nitrogens with two attached hydrogens (primary N) is 1. The first-order chi connectivity index (χ1) is 7.04. The van der Waals surface area contributed by atoms with E-state index in [2.05, 4.69) is 9.47 Å². The van der Waals surface area contributed by atoms with Crippen LogP contribution < -0.4 is 10.5 Å². The Morgan fingerprint density at radius 2 is 2.40 bits per heavy atom. The third-order valence-electron chi connectivity index (χ3n) is 1.35. The monoisotopic (exact) mass is 232 g/mol. The fraction of sp³-hybridized carbons (Fsp3) is 0.286. The second kappa shape index (κ2) is 4.60. The third-order valence-corrected chi connectivity index (χ3v) is 2.24. The summed E-state index contributed by atoms with van der Waals surface area (Å²) in [5.74, 6) is -0.0508. The number of ether oxygens (including phenoxy) is 2. The topological polar surface area (TPSA) is 105 Å². The average Bonchev–Trinajstić information content (AvgIpc) is 2.48. The molecular formula is C7H8N2O5S. The van der Waals surface area contributed by atoms with Gasteiger partial charge in [0.25, 0.3) is 0 Å². The van der Waals surface area contributed by atoms with Gasteiger partial charge >= 0.3 is 11.2 Å². The minimum absolute atomic E-state index is 0.0508. The number of carbonyl (C=O) groups excluding carboxylic acids is 1. The summed E-state index contributed by atoms with van der Waals surface area (Å²) < 4.78 is 9.12. The summed E-state index contributed by atoms with van der Waals surface area (Å²) in [6.07, 6.45) is -0.933. The van der Waals surface area contributed by atoms with Crippen LogP contribution in [0.15, 0.2) is 6.07 Å². The predicted octanol–water partition coefficient (Wildman–Crippen LogP) is 1.77. The van der Waals surface area contributed by atoms with Crippen molar-refractivity contribution in [2.24, 2.45) is 0 Å². The summed E-state index contributed by atoms with van der Waals surface area (Å²) in [6.45, 7) is 1.77. The summed E-state index contributed by atoms with van der Waals surface area (Å²) in [6, 6.07) is 1.08. The first-order valence-electron chi connectivity index (χ1n) is 3.93. The average molecular weight is 232 g/mol. The summed E-state index contributed by atoms with van der Waals surface area (Å²) in [5, 5.41) is 10.2. The molecule has 0 saturated carbocycles. The van der Waals surface area contributed by atoms with E-state index < -0.39 is 11.1 Å². The lowest BCUT2D eigenvalue weighted by atomic mass is 10.5. The molecule has 0 amide bonds. The third kappa shape index (κ3) is 2.81. The summed E-state index contributed by atoms with van der Waals surface area (Å²) >= 11 is 0.728. The fourth-order valence-electron chi connectivity index (χ4n) is 0.783. The van der Waals surface area contributed by atoms with Crippen molar-refractivity contribution < 1.29 is 19.2 Å². The Bertz CT molecular complexity index is 389. The van der Waals surface area contributed by atoms with Gasteiger partial charge in [-0.1, -0.05) is 0 Å². The SMILES string of the molecule is CCOC(=O)Oc1cc([N+](=O)[O-])sc1N. The van der Waals surface area contributed by atoms with Gasteiger partial charge in [-0.2, -0.15) is 0 Å². The van der Waals surface area contributed by atoms with E-state index in [0.29, 0.717) is 0 Å². The number of carbonyl (C=O) groups is 1. The normalized spacial score (nSPS) is 9.67. The number of rotatable bonds is 3. The van der Waals surface area contributed by atoms with Crippen LogP contribution in [-0.4, -0.2) is 17.7 Å². The Morgan fingerprint density at radius 3 is 2.87 bits per heavy atom. The van der Waals surface area contributed by atoms with Gasteiger partial charge in [0.2, 0.25) is 0 Å². The molecule has 0 bridgehead atoms. The van der Waals surface area contributed by atoms with E-state index in [-0.39, 0.29) is 22.4 Å². The second-order valence-corrected chi connectivity index (χ2v) is 3.42. The summed E-state index contributed by atoms with van der Waals surface area (Å²) in [4.78, 5) is 20.6. The quantitative estimate of drug-likeness (QED) is 0.483. The number of nitrogens with zero attached hydrogens (tertiary/aromatic N) is 1. The van der Waals surface area contributed by atoms with Gasteiger partial charge in [-0.15, -0.1) is 0 Å². The highest BCUT2D eigenvalue weighted by atomic mass is 32.1. The van der Waals surface area contributed by atoms with E-state index in [4.69, 9.17) is 5.73 Å².